The van der Waals surface area contributed by atoms with Crippen molar-refractivity contribution in [2.45, 2.75) is 44.6 Å². The summed E-state index contributed by atoms with van der Waals surface area (Å²) in [6, 6.07) is 7.95. The van der Waals surface area contributed by atoms with Crippen molar-refractivity contribution in [3.8, 4) is 0 Å². The molecule has 25 heavy (non-hydrogen) atoms. The highest BCUT2D eigenvalue weighted by molar-refractivity contribution is 7.89. The van der Waals surface area contributed by atoms with Gasteiger partial charge in [0.05, 0.1) is 10.9 Å². The Morgan fingerprint density at radius 1 is 1.24 bits per heavy atom. The van der Waals surface area contributed by atoms with E-state index in [9.17, 15) is 13.2 Å². The van der Waals surface area contributed by atoms with Gasteiger partial charge in [-0.15, -0.1) is 0 Å². The van der Waals surface area contributed by atoms with Gasteiger partial charge in [0.25, 0.3) is 0 Å². The van der Waals surface area contributed by atoms with Crippen molar-refractivity contribution in [3.63, 3.8) is 0 Å². The van der Waals surface area contributed by atoms with Crippen LogP contribution in [-0.2, 0) is 14.8 Å². The maximum Gasteiger partial charge on any atom is 0.243 e. The van der Waals surface area contributed by atoms with Gasteiger partial charge in [-0.3, -0.25) is 4.79 Å². The summed E-state index contributed by atoms with van der Waals surface area (Å²) in [5.74, 6) is 0.130. The molecule has 0 aromatic heterocycles. The minimum Gasteiger partial charge on any atom is -0.354 e. The molecule has 0 aliphatic carbocycles. The Balaban J connectivity index is 1.85. The Labute approximate surface area is 150 Å². The minimum atomic E-state index is -3.42. The molecule has 1 fully saturated rings. The predicted octanol–water partition coefficient (Wildman–Crippen LogP) is 1.58. The molecule has 0 saturated carbocycles. The summed E-state index contributed by atoms with van der Waals surface area (Å²) in [5, 5.41) is 2.91. The first kappa shape index (κ1) is 19.9. The molecule has 6 nitrogen and oxygen atoms in total. The molecule has 1 aliphatic rings. The average molecular weight is 368 g/mol. The van der Waals surface area contributed by atoms with Crippen LogP contribution in [-0.4, -0.2) is 44.3 Å². The Morgan fingerprint density at radius 3 is 2.32 bits per heavy atom. The highest BCUT2D eigenvalue weighted by Gasteiger charge is 2.31. The fourth-order valence-electron chi connectivity index (χ4n) is 2.84. The Morgan fingerprint density at radius 2 is 1.80 bits per heavy atom. The smallest absolute Gasteiger partial charge is 0.243 e. The largest absolute Gasteiger partial charge is 0.354 e. The van der Waals surface area contributed by atoms with Crippen LogP contribution < -0.4 is 11.1 Å². The molecular weight excluding hydrogens is 338 g/mol. The summed E-state index contributed by atoms with van der Waals surface area (Å²) in [6.45, 7) is 7.30. The van der Waals surface area contributed by atoms with Crippen LogP contribution in [0.5, 0.6) is 0 Å². The summed E-state index contributed by atoms with van der Waals surface area (Å²) in [6.07, 6.45) is 1.47. The standard InChI is InChI=1S/C18H29N3O3S/c1-18(2,3)16(19)17(22)20-13-14-9-11-21(12-10-14)25(23,24)15-7-5-4-6-8-15/h4-8,14,16H,9-13,19H2,1-3H3,(H,20,22)/t16-/m1/s1. The summed E-state index contributed by atoms with van der Waals surface area (Å²) < 4.78 is 26.7. The van der Waals surface area contributed by atoms with Crippen molar-refractivity contribution in [2.75, 3.05) is 19.6 Å². The fourth-order valence-corrected chi connectivity index (χ4v) is 4.33. The highest BCUT2D eigenvalue weighted by atomic mass is 32.2. The summed E-state index contributed by atoms with van der Waals surface area (Å²) in [4.78, 5) is 12.4. The lowest BCUT2D eigenvalue weighted by atomic mass is 9.87. The maximum atomic E-state index is 12.6. The van der Waals surface area contributed by atoms with Gasteiger partial charge in [0.15, 0.2) is 0 Å². The molecule has 1 saturated heterocycles. The highest BCUT2D eigenvalue weighted by Crippen LogP contribution is 2.23. The Kier molecular flexibility index (Phi) is 6.24. The average Bonchev–Trinajstić information content (AvgIpc) is 2.59. The molecular formula is C18H29N3O3S. The van der Waals surface area contributed by atoms with Crippen molar-refractivity contribution in [1.29, 1.82) is 0 Å². The molecule has 0 radical (unpaired) electrons. The van der Waals surface area contributed by atoms with Crippen LogP contribution in [0.15, 0.2) is 35.2 Å². The van der Waals surface area contributed by atoms with E-state index < -0.39 is 16.1 Å². The van der Waals surface area contributed by atoms with Gasteiger partial charge < -0.3 is 11.1 Å². The SMILES string of the molecule is CC(C)(C)[C@H](N)C(=O)NCC1CCN(S(=O)(=O)c2ccccc2)CC1. The lowest BCUT2D eigenvalue weighted by molar-refractivity contribution is -0.124. The minimum absolute atomic E-state index is 0.146. The molecule has 0 bridgehead atoms. The van der Waals surface area contributed by atoms with Crippen molar-refractivity contribution in [2.24, 2.45) is 17.1 Å². The molecule has 3 N–H and O–H groups in total. The molecule has 1 aromatic carbocycles. The third-order valence-electron chi connectivity index (χ3n) is 4.73. The van der Waals surface area contributed by atoms with Gasteiger partial charge in [-0.25, -0.2) is 8.42 Å². The summed E-state index contributed by atoms with van der Waals surface area (Å²) >= 11 is 0. The zero-order valence-electron chi connectivity index (χ0n) is 15.2. The molecule has 1 atom stereocenters. The first-order valence-corrected chi connectivity index (χ1v) is 10.1. The van der Waals surface area contributed by atoms with Gasteiger partial charge in [0.1, 0.15) is 0 Å². The second-order valence-electron chi connectivity index (χ2n) is 7.75. The van der Waals surface area contributed by atoms with Crippen LogP contribution in [0.1, 0.15) is 33.6 Å². The number of piperidine rings is 1. The molecule has 0 spiro atoms. The number of nitrogens with one attached hydrogen (secondary N) is 1. The van der Waals surface area contributed by atoms with Crippen molar-refractivity contribution in [1.82, 2.24) is 9.62 Å². The van der Waals surface area contributed by atoms with E-state index in [0.717, 1.165) is 12.8 Å². The molecule has 1 heterocycles. The van der Waals surface area contributed by atoms with E-state index in [2.05, 4.69) is 5.32 Å². The van der Waals surface area contributed by atoms with Crippen LogP contribution in [0.25, 0.3) is 0 Å². The maximum absolute atomic E-state index is 12.6. The number of nitrogens with zero attached hydrogens (tertiary/aromatic N) is 1. The van der Waals surface area contributed by atoms with Gasteiger partial charge in [0.2, 0.25) is 15.9 Å². The van der Waals surface area contributed by atoms with E-state index in [-0.39, 0.29) is 17.2 Å². The number of hydrogen-bond donors (Lipinski definition) is 2. The van der Waals surface area contributed by atoms with Crippen LogP contribution in [0.2, 0.25) is 0 Å². The van der Waals surface area contributed by atoms with Crippen molar-refractivity contribution >= 4 is 15.9 Å². The van der Waals surface area contributed by atoms with Crippen LogP contribution in [0, 0.1) is 11.3 Å². The molecule has 2 rings (SSSR count). The number of carbonyl (C=O) groups is 1. The summed E-state index contributed by atoms with van der Waals surface area (Å²) in [5.41, 5.74) is 5.67. The zero-order valence-corrected chi connectivity index (χ0v) is 16.1. The van der Waals surface area contributed by atoms with Gasteiger partial charge in [-0.1, -0.05) is 39.0 Å². The number of sulfonamides is 1. The molecule has 1 aliphatic heterocycles. The number of hydrogen-bond acceptors (Lipinski definition) is 4. The first-order valence-electron chi connectivity index (χ1n) is 8.71. The predicted molar refractivity (Wildman–Crippen MR) is 98.4 cm³/mol. The molecule has 0 unspecified atom stereocenters. The number of benzene rings is 1. The van der Waals surface area contributed by atoms with Crippen LogP contribution >= 0.6 is 0 Å². The number of amides is 1. The Bertz CT molecular complexity index is 675. The van der Waals surface area contributed by atoms with Crippen LogP contribution in [0.3, 0.4) is 0 Å². The third kappa shape index (κ3) is 5.03. The monoisotopic (exact) mass is 367 g/mol. The van der Waals surface area contributed by atoms with E-state index in [4.69, 9.17) is 5.73 Å². The van der Waals surface area contributed by atoms with Gasteiger partial charge >= 0.3 is 0 Å². The van der Waals surface area contributed by atoms with Gasteiger partial charge in [0, 0.05) is 19.6 Å². The van der Waals surface area contributed by atoms with E-state index in [1.165, 1.54) is 4.31 Å². The Hall–Kier alpha value is -1.44. The lowest BCUT2D eigenvalue weighted by Crippen LogP contribution is -2.50. The second kappa shape index (κ2) is 7.85. The first-order chi connectivity index (χ1) is 11.6. The van der Waals surface area contributed by atoms with E-state index in [1.807, 2.05) is 20.8 Å². The normalized spacial score (nSPS) is 18.7. The lowest BCUT2D eigenvalue weighted by Gasteiger charge is -2.32. The molecule has 1 amide bonds. The summed E-state index contributed by atoms with van der Waals surface area (Å²) in [7, 11) is -3.42. The molecule has 140 valence electrons. The van der Waals surface area contributed by atoms with E-state index in [0.29, 0.717) is 24.5 Å². The third-order valence-corrected chi connectivity index (χ3v) is 6.65. The van der Waals surface area contributed by atoms with Gasteiger partial charge in [-0.2, -0.15) is 4.31 Å². The second-order valence-corrected chi connectivity index (χ2v) is 9.69. The number of nitrogens with two attached hydrogens (primary N) is 1. The van der Waals surface area contributed by atoms with Crippen molar-refractivity contribution in [3.05, 3.63) is 30.3 Å². The zero-order chi connectivity index (χ0) is 18.7. The number of carbonyl (C=O) groups excluding carboxylic acids is 1. The van der Waals surface area contributed by atoms with E-state index >= 15 is 0 Å². The van der Waals surface area contributed by atoms with E-state index in [1.54, 1.807) is 30.3 Å². The van der Waals surface area contributed by atoms with Gasteiger partial charge in [-0.05, 0) is 36.3 Å². The molecule has 1 aromatic rings. The van der Waals surface area contributed by atoms with Crippen LogP contribution in [0.4, 0.5) is 0 Å². The fraction of sp³-hybridized carbons (Fsp3) is 0.611. The van der Waals surface area contributed by atoms with Crippen molar-refractivity contribution < 1.29 is 13.2 Å². The quantitative estimate of drug-likeness (QED) is 0.826. The number of rotatable bonds is 5. The topological polar surface area (TPSA) is 92.5 Å². The molecule has 7 heteroatoms.